The molecule has 1 N–H and O–H groups in total. The highest BCUT2D eigenvalue weighted by Gasteiger charge is 2.31. The number of hydrogen-bond donors (Lipinski definition) is 1. The van der Waals surface area contributed by atoms with Gasteiger partial charge >= 0.3 is 12.4 Å². The van der Waals surface area contributed by atoms with E-state index in [0.717, 1.165) is 114 Å². The molecular weight excluding hydrogens is 763 g/mol. The number of rotatable bonds is 27. The van der Waals surface area contributed by atoms with Gasteiger partial charge in [-0.05, 0) is 118 Å². The molecule has 0 saturated carbocycles. The average molecular weight is 835 g/mol. The summed E-state index contributed by atoms with van der Waals surface area (Å²) in [5.41, 5.74) is 2.15. The van der Waals surface area contributed by atoms with Crippen molar-refractivity contribution in [1.82, 2.24) is 20.0 Å². The third-order valence-electron chi connectivity index (χ3n) is 10.4. The van der Waals surface area contributed by atoms with E-state index in [0.29, 0.717) is 24.2 Å². The zero-order chi connectivity index (χ0) is 43.5. The summed E-state index contributed by atoms with van der Waals surface area (Å²) in [6, 6.07) is 18.3. The molecule has 59 heavy (non-hydrogen) atoms. The number of halogens is 6. The largest absolute Gasteiger partial charge is 0.416 e. The standard InChI is InChI=1S/C30H43F3N2O.C18H29F3N2/c1-4-7-10-11-25-12-16-27(17-13-25)29(36)35(23-22-34(20-8-5-2)21-9-6-3)24-26-14-18-28(19-15-26)30(31,32)33;1-3-5-12-23(13-6-4-2)14-11-22-15-16-7-9-17(10-8-16)18(19,20)21/h12-19H,4-11,20-24H2,1-3H3;7-10,22H,3-6,11-15H2,1-2H3. The number of amides is 1. The zero-order valence-corrected chi connectivity index (χ0v) is 36.5. The van der Waals surface area contributed by atoms with Crippen LogP contribution in [0.2, 0.25) is 0 Å². The number of nitrogens with zero attached hydrogens (tertiary/aromatic N) is 3. The first-order chi connectivity index (χ1) is 28.2. The number of hydrogen-bond acceptors (Lipinski definition) is 4. The Bertz CT molecular complexity index is 1490. The van der Waals surface area contributed by atoms with Gasteiger partial charge in [-0.25, -0.2) is 0 Å². The third kappa shape index (κ3) is 21.6. The maximum absolute atomic E-state index is 13.5. The molecule has 0 unspecified atom stereocenters. The van der Waals surface area contributed by atoms with Crippen molar-refractivity contribution in [3.05, 3.63) is 106 Å². The fourth-order valence-electron chi connectivity index (χ4n) is 6.59. The Labute approximate surface area is 351 Å². The monoisotopic (exact) mass is 835 g/mol. The highest BCUT2D eigenvalue weighted by molar-refractivity contribution is 5.94. The summed E-state index contributed by atoms with van der Waals surface area (Å²) in [5, 5.41) is 3.32. The van der Waals surface area contributed by atoms with Crippen LogP contribution in [-0.2, 0) is 31.9 Å². The van der Waals surface area contributed by atoms with E-state index in [9.17, 15) is 31.1 Å². The van der Waals surface area contributed by atoms with Crippen LogP contribution in [-0.4, -0.2) is 73.0 Å². The highest BCUT2D eigenvalue weighted by atomic mass is 19.4. The topological polar surface area (TPSA) is 38.8 Å². The Morgan fingerprint density at radius 3 is 1.36 bits per heavy atom. The third-order valence-corrected chi connectivity index (χ3v) is 10.4. The maximum atomic E-state index is 13.5. The first-order valence-corrected chi connectivity index (χ1v) is 22.1. The van der Waals surface area contributed by atoms with Gasteiger partial charge in [-0.2, -0.15) is 26.3 Å². The van der Waals surface area contributed by atoms with E-state index in [1.807, 2.05) is 24.3 Å². The van der Waals surface area contributed by atoms with Gasteiger partial charge in [-0.1, -0.05) is 110 Å². The molecule has 0 spiro atoms. The lowest BCUT2D eigenvalue weighted by Gasteiger charge is -2.28. The SMILES string of the molecule is CCCCCc1ccc(C(=O)N(CCN(CCCC)CCCC)Cc2ccc(C(F)(F)F)cc2)cc1.CCCCN(CCCC)CCNCc1ccc(C(F)(F)F)cc1. The molecule has 0 aliphatic heterocycles. The average Bonchev–Trinajstić information content (AvgIpc) is 3.22. The van der Waals surface area contributed by atoms with Crippen molar-refractivity contribution in [3.8, 4) is 0 Å². The molecule has 0 atom stereocenters. The second kappa shape index (κ2) is 28.9. The first kappa shape index (κ1) is 51.7. The van der Waals surface area contributed by atoms with Crippen LogP contribution < -0.4 is 5.32 Å². The van der Waals surface area contributed by atoms with E-state index < -0.39 is 23.5 Å². The molecule has 0 radical (unpaired) electrons. The molecule has 3 aromatic carbocycles. The Morgan fingerprint density at radius 2 is 0.915 bits per heavy atom. The fourth-order valence-corrected chi connectivity index (χ4v) is 6.59. The molecule has 332 valence electrons. The van der Waals surface area contributed by atoms with Gasteiger partial charge < -0.3 is 20.0 Å². The summed E-state index contributed by atoms with van der Waals surface area (Å²) in [4.78, 5) is 20.2. The van der Waals surface area contributed by atoms with Crippen molar-refractivity contribution in [3.63, 3.8) is 0 Å². The maximum Gasteiger partial charge on any atom is 0.416 e. The molecule has 0 heterocycles. The minimum absolute atomic E-state index is 0.0825. The van der Waals surface area contributed by atoms with E-state index in [2.05, 4.69) is 49.7 Å². The lowest BCUT2D eigenvalue weighted by Crippen LogP contribution is -2.39. The summed E-state index contributed by atoms with van der Waals surface area (Å²) in [5.74, 6) is -0.0825. The number of benzene rings is 3. The van der Waals surface area contributed by atoms with Crippen LogP contribution in [0.25, 0.3) is 0 Å². The number of nitrogens with one attached hydrogen (secondary N) is 1. The van der Waals surface area contributed by atoms with Crippen LogP contribution in [0.4, 0.5) is 26.3 Å². The van der Waals surface area contributed by atoms with E-state index in [4.69, 9.17) is 0 Å². The molecule has 0 aromatic heterocycles. The van der Waals surface area contributed by atoms with Crippen LogP contribution >= 0.6 is 0 Å². The highest BCUT2D eigenvalue weighted by Crippen LogP contribution is 2.30. The van der Waals surface area contributed by atoms with Crippen molar-refractivity contribution in [2.75, 3.05) is 52.4 Å². The minimum Gasteiger partial charge on any atom is -0.333 e. The predicted molar refractivity (Wildman–Crippen MR) is 232 cm³/mol. The Balaban J connectivity index is 0.000000450. The Hall–Kier alpha value is -3.41. The fraction of sp³-hybridized carbons (Fsp3) is 0.604. The van der Waals surface area contributed by atoms with Crippen LogP contribution in [0, 0.1) is 0 Å². The van der Waals surface area contributed by atoms with E-state index in [1.54, 1.807) is 17.0 Å². The van der Waals surface area contributed by atoms with E-state index in [1.165, 1.54) is 56.2 Å². The molecular formula is C48H72F6N4O. The molecule has 5 nitrogen and oxygen atoms in total. The summed E-state index contributed by atoms with van der Waals surface area (Å²) in [7, 11) is 0. The molecule has 3 aromatic rings. The molecule has 3 rings (SSSR count). The molecule has 0 aliphatic carbocycles. The van der Waals surface area contributed by atoms with Crippen LogP contribution in [0.1, 0.15) is 143 Å². The predicted octanol–water partition coefficient (Wildman–Crippen LogP) is 12.7. The Morgan fingerprint density at radius 1 is 0.492 bits per heavy atom. The lowest BCUT2D eigenvalue weighted by molar-refractivity contribution is -0.138. The van der Waals surface area contributed by atoms with Gasteiger partial charge in [0.25, 0.3) is 5.91 Å². The Kier molecular flexibility index (Phi) is 25.4. The van der Waals surface area contributed by atoms with E-state index >= 15 is 0 Å². The van der Waals surface area contributed by atoms with E-state index in [-0.39, 0.29) is 12.5 Å². The number of alkyl halides is 6. The molecule has 0 fully saturated rings. The van der Waals surface area contributed by atoms with Gasteiger partial charge in [0, 0.05) is 44.8 Å². The van der Waals surface area contributed by atoms with Gasteiger partial charge in [0.1, 0.15) is 0 Å². The first-order valence-electron chi connectivity index (χ1n) is 22.1. The number of carbonyl (C=O) groups excluding carboxylic acids is 1. The summed E-state index contributed by atoms with van der Waals surface area (Å²) in [6.07, 6.45) is 5.12. The van der Waals surface area contributed by atoms with Crippen molar-refractivity contribution in [1.29, 1.82) is 0 Å². The summed E-state index contributed by atoms with van der Waals surface area (Å²) in [6.45, 7) is 19.2. The number of aryl methyl sites for hydroxylation is 1. The van der Waals surface area contributed by atoms with Crippen LogP contribution in [0.3, 0.4) is 0 Å². The van der Waals surface area contributed by atoms with Gasteiger partial charge in [-0.3, -0.25) is 4.79 Å². The number of carbonyl (C=O) groups is 1. The van der Waals surface area contributed by atoms with Gasteiger partial charge in [0.05, 0.1) is 11.1 Å². The quantitative estimate of drug-likeness (QED) is 0.0613. The molecule has 0 aliphatic rings. The molecule has 11 heteroatoms. The van der Waals surface area contributed by atoms with Crippen molar-refractivity contribution >= 4 is 5.91 Å². The second-order valence-corrected chi connectivity index (χ2v) is 15.5. The van der Waals surface area contributed by atoms with Crippen molar-refractivity contribution < 1.29 is 31.1 Å². The lowest BCUT2D eigenvalue weighted by atomic mass is 10.0. The minimum atomic E-state index is -4.37. The molecule has 0 saturated heterocycles. The normalized spacial score (nSPS) is 11.9. The van der Waals surface area contributed by atoms with Gasteiger partial charge in [0.2, 0.25) is 0 Å². The van der Waals surface area contributed by atoms with Crippen molar-refractivity contribution in [2.24, 2.45) is 0 Å². The number of unbranched alkanes of at least 4 members (excludes halogenated alkanes) is 6. The van der Waals surface area contributed by atoms with Crippen LogP contribution in [0.15, 0.2) is 72.8 Å². The zero-order valence-electron chi connectivity index (χ0n) is 36.5. The van der Waals surface area contributed by atoms with Gasteiger partial charge in [-0.15, -0.1) is 0 Å². The van der Waals surface area contributed by atoms with Crippen molar-refractivity contribution in [2.45, 2.75) is 137 Å². The summed E-state index contributed by atoms with van der Waals surface area (Å²) >= 11 is 0. The summed E-state index contributed by atoms with van der Waals surface area (Å²) < 4.78 is 76.5. The second-order valence-electron chi connectivity index (χ2n) is 15.5. The molecule has 1 amide bonds. The smallest absolute Gasteiger partial charge is 0.333 e. The van der Waals surface area contributed by atoms with Gasteiger partial charge in [0.15, 0.2) is 0 Å². The van der Waals surface area contributed by atoms with Crippen LogP contribution in [0.5, 0.6) is 0 Å². The molecule has 0 bridgehead atoms.